The van der Waals surface area contributed by atoms with Gasteiger partial charge in [-0.1, -0.05) is 31.5 Å². The normalized spacial score (nSPS) is 10.6. The minimum Gasteiger partial charge on any atom is -0.495 e. The molecule has 0 unspecified atom stereocenters. The van der Waals surface area contributed by atoms with Crippen LogP contribution >= 0.6 is 11.6 Å². The first-order valence-electron chi connectivity index (χ1n) is 5.03. The van der Waals surface area contributed by atoms with Crippen molar-refractivity contribution in [3.8, 4) is 5.75 Å². The Balaban J connectivity index is 3.24. The summed E-state index contributed by atoms with van der Waals surface area (Å²) in [6.45, 7) is 4.07. The van der Waals surface area contributed by atoms with Crippen molar-refractivity contribution in [1.29, 1.82) is 0 Å². The van der Waals surface area contributed by atoms with Gasteiger partial charge in [0.15, 0.2) is 0 Å². The van der Waals surface area contributed by atoms with Gasteiger partial charge >= 0.3 is 5.97 Å². The lowest BCUT2D eigenvalue weighted by atomic mass is 9.99. The van der Waals surface area contributed by atoms with E-state index in [-0.39, 0.29) is 6.42 Å². The molecule has 0 bridgehead atoms. The van der Waals surface area contributed by atoms with Crippen molar-refractivity contribution >= 4 is 17.6 Å². The van der Waals surface area contributed by atoms with Gasteiger partial charge in [0.2, 0.25) is 0 Å². The van der Waals surface area contributed by atoms with Crippen LogP contribution in [0.1, 0.15) is 30.9 Å². The Kier molecular flexibility index (Phi) is 4.19. The van der Waals surface area contributed by atoms with Gasteiger partial charge in [0.1, 0.15) is 5.75 Å². The Morgan fingerprint density at radius 1 is 1.50 bits per heavy atom. The van der Waals surface area contributed by atoms with Crippen LogP contribution in [0.5, 0.6) is 5.75 Å². The summed E-state index contributed by atoms with van der Waals surface area (Å²) in [7, 11) is 1.52. The predicted octanol–water partition coefficient (Wildman–Crippen LogP) is 3.10. The topological polar surface area (TPSA) is 46.5 Å². The van der Waals surface area contributed by atoms with Gasteiger partial charge in [0, 0.05) is 0 Å². The maximum absolute atomic E-state index is 10.7. The van der Waals surface area contributed by atoms with Gasteiger partial charge < -0.3 is 9.84 Å². The van der Waals surface area contributed by atoms with Crippen molar-refractivity contribution in [3.05, 3.63) is 28.3 Å². The van der Waals surface area contributed by atoms with E-state index in [1.807, 2.05) is 26.0 Å². The molecule has 0 amide bonds. The quantitative estimate of drug-likeness (QED) is 0.883. The van der Waals surface area contributed by atoms with Crippen LogP contribution in [-0.2, 0) is 11.2 Å². The van der Waals surface area contributed by atoms with E-state index in [1.54, 1.807) is 0 Å². The number of ether oxygens (including phenoxy) is 1. The first-order chi connectivity index (χ1) is 7.45. The van der Waals surface area contributed by atoms with Gasteiger partial charge in [-0.25, -0.2) is 0 Å². The Morgan fingerprint density at radius 2 is 2.12 bits per heavy atom. The molecular formula is C12H15ClO3. The molecule has 0 atom stereocenters. The molecule has 1 rings (SSSR count). The number of halogens is 1. The molecule has 0 aromatic heterocycles. The number of benzene rings is 1. The first-order valence-corrected chi connectivity index (χ1v) is 5.41. The second kappa shape index (κ2) is 5.21. The fraction of sp³-hybridized carbons (Fsp3) is 0.417. The lowest BCUT2D eigenvalue weighted by Crippen LogP contribution is -2.03. The number of carbonyl (C=O) groups is 1. The Bertz CT molecular complexity index is 399. The van der Waals surface area contributed by atoms with Crippen molar-refractivity contribution in [2.45, 2.75) is 26.2 Å². The third-order valence-electron chi connectivity index (χ3n) is 2.37. The van der Waals surface area contributed by atoms with E-state index < -0.39 is 5.97 Å². The minimum absolute atomic E-state index is 0.0875. The van der Waals surface area contributed by atoms with Crippen LogP contribution in [0.3, 0.4) is 0 Å². The first kappa shape index (κ1) is 12.8. The summed E-state index contributed by atoms with van der Waals surface area (Å²) in [5.41, 5.74) is 1.62. The molecule has 0 fully saturated rings. The van der Waals surface area contributed by atoms with Gasteiger partial charge in [0.25, 0.3) is 0 Å². The standard InChI is InChI=1S/C12H15ClO3/c1-7(2)8-4-9(6-11(14)15)12(13)10(5-8)16-3/h4-5,7H,6H2,1-3H3,(H,14,15). The highest BCUT2D eigenvalue weighted by molar-refractivity contribution is 6.33. The summed E-state index contributed by atoms with van der Waals surface area (Å²) in [6.07, 6.45) is -0.0875. The zero-order chi connectivity index (χ0) is 12.3. The Morgan fingerprint density at radius 3 is 2.56 bits per heavy atom. The molecule has 3 nitrogen and oxygen atoms in total. The predicted molar refractivity (Wildman–Crippen MR) is 63.4 cm³/mol. The molecule has 0 saturated carbocycles. The zero-order valence-corrected chi connectivity index (χ0v) is 10.3. The number of methoxy groups -OCH3 is 1. The van der Waals surface area contributed by atoms with Crippen molar-refractivity contribution < 1.29 is 14.6 Å². The van der Waals surface area contributed by atoms with Crippen LogP contribution in [0.4, 0.5) is 0 Å². The lowest BCUT2D eigenvalue weighted by Gasteiger charge is -2.13. The average Bonchev–Trinajstić information content (AvgIpc) is 2.20. The van der Waals surface area contributed by atoms with Crippen molar-refractivity contribution in [1.82, 2.24) is 0 Å². The molecule has 1 N–H and O–H groups in total. The van der Waals surface area contributed by atoms with Gasteiger partial charge in [-0.2, -0.15) is 0 Å². The van der Waals surface area contributed by atoms with E-state index in [0.29, 0.717) is 22.3 Å². The number of hydrogen-bond acceptors (Lipinski definition) is 2. The number of rotatable bonds is 4. The number of carboxylic acids is 1. The SMILES string of the molecule is COc1cc(C(C)C)cc(CC(=O)O)c1Cl. The minimum atomic E-state index is -0.898. The Hall–Kier alpha value is -1.22. The summed E-state index contributed by atoms with van der Waals surface area (Å²) in [5.74, 6) is -0.0623. The molecule has 0 spiro atoms. The smallest absolute Gasteiger partial charge is 0.307 e. The maximum atomic E-state index is 10.7. The molecule has 0 aliphatic carbocycles. The van der Waals surface area contributed by atoms with E-state index in [4.69, 9.17) is 21.4 Å². The highest BCUT2D eigenvalue weighted by Crippen LogP contribution is 2.32. The third kappa shape index (κ3) is 2.89. The summed E-state index contributed by atoms with van der Waals surface area (Å²) in [5, 5.41) is 9.17. The van der Waals surface area contributed by atoms with E-state index >= 15 is 0 Å². The fourth-order valence-electron chi connectivity index (χ4n) is 1.45. The van der Waals surface area contributed by atoms with Crippen LogP contribution < -0.4 is 4.74 Å². The molecule has 0 heterocycles. The summed E-state index contributed by atoms with van der Waals surface area (Å²) in [6, 6.07) is 3.67. The fourth-order valence-corrected chi connectivity index (χ4v) is 1.71. The van der Waals surface area contributed by atoms with E-state index in [9.17, 15) is 4.79 Å². The largest absolute Gasteiger partial charge is 0.495 e. The number of carboxylic acid groups (broad SMARTS) is 1. The number of hydrogen-bond donors (Lipinski definition) is 1. The average molecular weight is 243 g/mol. The van der Waals surface area contributed by atoms with Gasteiger partial charge in [-0.05, 0) is 23.1 Å². The summed E-state index contributed by atoms with van der Waals surface area (Å²) < 4.78 is 5.13. The molecule has 0 saturated heterocycles. The molecular weight excluding hydrogens is 228 g/mol. The lowest BCUT2D eigenvalue weighted by molar-refractivity contribution is -0.136. The van der Waals surface area contributed by atoms with Gasteiger partial charge in [-0.15, -0.1) is 0 Å². The van der Waals surface area contributed by atoms with Crippen molar-refractivity contribution in [2.24, 2.45) is 0 Å². The van der Waals surface area contributed by atoms with E-state index in [1.165, 1.54) is 7.11 Å². The molecule has 1 aromatic rings. The summed E-state index contributed by atoms with van der Waals surface area (Å²) in [4.78, 5) is 10.7. The van der Waals surface area contributed by atoms with Crippen molar-refractivity contribution in [3.63, 3.8) is 0 Å². The molecule has 4 heteroatoms. The second-order valence-corrected chi connectivity index (χ2v) is 4.30. The van der Waals surface area contributed by atoms with Crippen LogP contribution in [0.2, 0.25) is 5.02 Å². The van der Waals surface area contributed by atoms with E-state index in [0.717, 1.165) is 5.56 Å². The van der Waals surface area contributed by atoms with Gasteiger partial charge in [-0.3, -0.25) is 4.79 Å². The zero-order valence-electron chi connectivity index (χ0n) is 9.58. The van der Waals surface area contributed by atoms with Crippen LogP contribution in [0, 0.1) is 0 Å². The highest BCUT2D eigenvalue weighted by Gasteiger charge is 2.13. The molecule has 0 radical (unpaired) electrons. The van der Waals surface area contributed by atoms with E-state index in [2.05, 4.69) is 0 Å². The molecule has 16 heavy (non-hydrogen) atoms. The molecule has 88 valence electrons. The molecule has 0 aliphatic rings. The summed E-state index contributed by atoms with van der Waals surface area (Å²) >= 11 is 6.04. The van der Waals surface area contributed by atoms with Crippen LogP contribution in [0.15, 0.2) is 12.1 Å². The number of aliphatic carboxylic acids is 1. The van der Waals surface area contributed by atoms with Crippen molar-refractivity contribution in [2.75, 3.05) is 7.11 Å². The second-order valence-electron chi connectivity index (χ2n) is 3.92. The van der Waals surface area contributed by atoms with Gasteiger partial charge in [0.05, 0.1) is 18.6 Å². The highest BCUT2D eigenvalue weighted by atomic mass is 35.5. The molecule has 0 aliphatic heterocycles. The maximum Gasteiger partial charge on any atom is 0.307 e. The Labute approximate surface area is 100.0 Å². The van der Waals surface area contributed by atoms with Crippen LogP contribution in [-0.4, -0.2) is 18.2 Å². The third-order valence-corrected chi connectivity index (χ3v) is 2.79. The monoisotopic (exact) mass is 242 g/mol. The van der Waals surface area contributed by atoms with Crippen LogP contribution in [0.25, 0.3) is 0 Å². The molecule has 1 aromatic carbocycles.